The number of anilines is 1. The summed E-state index contributed by atoms with van der Waals surface area (Å²) in [4.78, 5) is 27.8. The molecule has 3 N–H and O–H groups in total. The van der Waals surface area contributed by atoms with Crippen LogP contribution in [0.1, 0.15) is 36.2 Å². The second kappa shape index (κ2) is 5.69. The van der Waals surface area contributed by atoms with Crippen LogP contribution >= 0.6 is 0 Å². The van der Waals surface area contributed by atoms with E-state index in [1.807, 2.05) is 4.90 Å². The molecule has 0 spiro atoms. The Morgan fingerprint density at radius 2 is 2.05 bits per heavy atom. The summed E-state index contributed by atoms with van der Waals surface area (Å²) in [6.07, 6.45) is 5.81. The Hall–Kier alpha value is -2.11. The lowest BCUT2D eigenvalue weighted by atomic mass is 10.2. The molecule has 0 unspecified atom stereocenters. The van der Waals surface area contributed by atoms with Crippen LogP contribution in [0.25, 0.3) is 0 Å². The molecule has 1 fully saturated rings. The minimum absolute atomic E-state index is 0.00537. The lowest BCUT2D eigenvalue weighted by Crippen LogP contribution is -2.40. The summed E-state index contributed by atoms with van der Waals surface area (Å²) >= 11 is 0. The average Bonchev–Trinajstić information content (AvgIpc) is 2.89. The maximum atomic E-state index is 11.2. The van der Waals surface area contributed by atoms with E-state index in [1.54, 1.807) is 6.07 Å². The molecule has 1 heterocycles. The minimum Gasteiger partial charge on any atom is -0.477 e. The molecule has 19 heavy (non-hydrogen) atoms. The minimum atomic E-state index is -1.06. The van der Waals surface area contributed by atoms with Gasteiger partial charge in [0, 0.05) is 6.04 Å². The lowest BCUT2D eigenvalue weighted by Gasteiger charge is -2.29. The maximum absolute atomic E-state index is 11.2. The molecule has 0 radical (unpaired) electrons. The lowest BCUT2D eigenvalue weighted by molar-refractivity contribution is -0.116. The number of pyridine rings is 1. The van der Waals surface area contributed by atoms with Crippen molar-refractivity contribution in [1.29, 1.82) is 0 Å². The molecule has 0 atom stereocenters. The van der Waals surface area contributed by atoms with E-state index in [4.69, 9.17) is 10.8 Å². The Bertz CT molecular complexity index is 467. The van der Waals surface area contributed by atoms with Gasteiger partial charge in [-0.1, -0.05) is 12.8 Å². The monoisotopic (exact) mass is 263 g/mol. The van der Waals surface area contributed by atoms with Gasteiger partial charge in [-0.15, -0.1) is 0 Å². The number of amides is 1. The van der Waals surface area contributed by atoms with Gasteiger partial charge in [0.25, 0.3) is 0 Å². The predicted molar refractivity (Wildman–Crippen MR) is 70.0 cm³/mol. The van der Waals surface area contributed by atoms with Crippen LogP contribution in [-0.4, -0.2) is 34.6 Å². The first-order valence-electron chi connectivity index (χ1n) is 6.32. The molecule has 0 aromatic carbocycles. The van der Waals surface area contributed by atoms with Gasteiger partial charge in [0.05, 0.1) is 18.4 Å². The number of carboxylic acids is 1. The van der Waals surface area contributed by atoms with Crippen molar-refractivity contribution in [2.45, 2.75) is 31.7 Å². The molecular weight excluding hydrogens is 246 g/mol. The summed E-state index contributed by atoms with van der Waals surface area (Å²) in [5, 5.41) is 8.82. The molecule has 1 amide bonds. The number of nitrogens with two attached hydrogens (primary N) is 1. The molecule has 1 saturated carbocycles. The molecule has 1 aromatic rings. The molecule has 102 valence electrons. The van der Waals surface area contributed by atoms with E-state index < -0.39 is 11.9 Å². The zero-order chi connectivity index (χ0) is 13.8. The van der Waals surface area contributed by atoms with Crippen LogP contribution in [0.2, 0.25) is 0 Å². The normalized spacial score (nSPS) is 15.4. The maximum Gasteiger partial charge on any atom is 0.354 e. The first-order valence-corrected chi connectivity index (χ1v) is 6.32. The fourth-order valence-corrected chi connectivity index (χ4v) is 2.50. The Morgan fingerprint density at radius 1 is 1.37 bits per heavy atom. The fourth-order valence-electron chi connectivity index (χ4n) is 2.50. The van der Waals surface area contributed by atoms with Crippen molar-refractivity contribution >= 4 is 17.6 Å². The first kappa shape index (κ1) is 13.3. The van der Waals surface area contributed by atoms with E-state index in [0.29, 0.717) is 0 Å². The first-order chi connectivity index (χ1) is 9.08. The molecule has 6 heteroatoms. The van der Waals surface area contributed by atoms with Crippen molar-refractivity contribution in [3.63, 3.8) is 0 Å². The molecule has 2 rings (SSSR count). The summed E-state index contributed by atoms with van der Waals surface area (Å²) < 4.78 is 0. The van der Waals surface area contributed by atoms with Crippen LogP contribution < -0.4 is 10.6 Å². The summed E-state index contributed by atoms with van der Waals surface area (Å²) in [5.41, 5.74) is 6.02. The number of aromatic carboxylic acids is 1. The van der Waals surface area contributed by atoms with Crippen molar-refractivity contribution in [2.75, 3.05) is 11.4 Å². The van der Waals surface area contributed by atoms with E-state index in [1.165, 1.54) is 12.3 Å². The van der Waals surface area contributed by atoms with Gasteiger partial charge < -0.3 is 15.7 Å². The number of nitrogens with zero attached hydrogens (tertiary/aromatic N) is 2. The van der Waals surface area contributed by atoms with E-state index in [0.717, 1.165) is 31.4 Å². The van der Waals surface area contributed by atoms with Gasteiger partial charge in [0.15, 0.2) is 0 Å². The third kappa shape index (κ3) is 3.21. The molecule has 6 nitrogen and oxygen atoms in total. The number of carbonyl (C=O) groups is 2. The Balaban J connectivity index is 2.21. The molecule has 0 bridgehead atoms. The van der Waals surface area contributed by atoms with Crippen LogP contribution in [0, 0.1) is 0 Å². The second-order valence-corrected chi connectivity index (χ2v) is 4.74. The van der Waals surface area contributed by atoms with Gasteiger partial charge in [-0.3, -0.25) is 4.79 Å². The number of primary amides is 1. The summed E-state index contributed by atoms with van der Waals surface area (Å²) in [6.45, 7) is 0.138. The quantitative estimate of drug-likeness (QED) is 0.826. The summed E-state index contributed by atoms with van der Waals surface area (Å²) in [7, 11) is 0. The standard InChI is InChI=1S/C13H17N3O3/c14-12(17)8-16(9-3-1-2-4-9)10-5-6-11(13(18)19)15-7-10/h5-7,9H,1-4,8H2,(H2,14,17)(H,18,19). The third-order valence-corrected chi connectivity index (χ3v) is 3.39. The Kier molecular flexibility index (Phi) is 3.99. The third-order valence-electron chi connectivity index (χ3n) is 3.39. The highest BCUT2D eigenvalue weighted by Crippen LogP contribution is 2.27. The molecule has 1 aliphatic carbocycles. The molecule has 0 saturated heterocycles. The highest BCUT2D eigenvalue weighted by atomic mass is 16.4. The number of hydrogen-bond donors (Lipinski definition) is 2. The number of rotatable bonds is 5. The molecule has 1 aliphatic rings. The van der Waals surface area contributed by atoms with Crippen molar-refractivity contribution in [3.8, 4) is 0 Å². The number of carbonyl (C=O) groups excluding carboxylic acids is 1. The largest absolute Gasteiger partial charge is 0.477 e. The molecular formula is C13H17N3O3. The SMILES string of the molecule is NC(=O)CN(c1ccc(C(=O)O)nc1)C1CCCC1. The van der Waals surface area contributed by atoms with Gasteiger partial charge >= 0.3 is 5.97 Å². The van der Waals surface area contributed by atoms with Crippen molar-refractivity contribution in [2.24, 2.45) is 5.73 Å². The highest BCUT2D eigenvalue weighted by molar-refractivity contribution is 5.85. The second-order valence-electron chi connectivity index (χ2n) is 4.74. The Labute approximate surface area is 111 Å². The molecule has 1 aromatic heterocycles. The highest BCUT2D eigenvalue weighted by Gasteiger charge is 2.24. The van der Waals surface area contributed by atoms with Crippen LogP contribution in [0.3, 0.4) is 0 Å². The van der Waals surface area contributed by atoms with Gasteiger partial charge in [0.1, 0.15) is 5.69 Å². The average molecular weight is 263 g/mol. The smallest absolute Gasteiger partial charge is 0.354 e. The van der Waals surface area contributed by atoms with Crippen LogP contribution in [0.4, 0.5) is 5.69 Å². The number of carboxylic acid groups (broad SMARTS) is 1. The number of aromatic nitrogens is 1. The number of hydrogen-bond acceptors (Lipinski definition) is 4. The summed E-state index contributed by atoms with van der Waals surface area (Å²) in [5.74, 6) is -1.46. The predicted octanol–water partition coefficient (Wildman–Crippen LogP) is 1.01. The van der Waals surface area contributed by atoms with Crippen LogP contribution in [-0.2, 0) is 4.79 Å². The van der Waals surface area contributed by atoms with Gasteiger partial charge in [-0.25, -0.2) is 9.78 Å². The van der Waals surface area contributed by atoms with Gasteiger partial charge in [-0.2, -0.15) is 0 Å². The van der Waals surface area contributed by atoms with Crippen molar-refractivity contribution in [1.82, 2.24) is 4.98 Å². The van der Waals surface area contributed by atoms with Crippen LogP contribution in [0.5, 0.6) is 0 Å². The van der Waals surface area contributed by atoms with Crippen molar-refractivity contribution in [3.05, 3.63) is 24.0 Å². The molecule has 0 aliphatic heterocycles. The van der Waals surface area contributed by atoms with Crippen molar-refractivity contribution < 1.29 is 14.7 Å². The van der Waals surface area contributed by atoms with E-state index >= 15 is 0 Å². The summed E-state index contributed by atoms with van der Waals surface area (Å²) in [6, 6.07) is 3.41. The Morgan fingerprint density at radius 3 is 2.53 bits per heavy atom. The zero-order valence-corrected chi connectivity index (χ0v) is 10.6. The van der Waals surface area contributed by atoms with E-state index in [-0.39, 0.29) is 18.3 Å². The van der Waals surface area contributed by atoms with Gasteiger partial charge in [-0.05, 0) is 25.0 Å². The van der Waals surface area contributed by atoms with E-state index in [9.17, 15) is 9.59 Å². The topological polar surface area (TPSA) is 96.5 Å². The van der Waals surface area contributed by atoms with Crippen LogP contribution in [0.15, 0.2) is 18.3 Å². The van der Waals surface area contributed by atoms with Gasteiger partial charge in [0.2, 0.25) is 5.91 Å². The van der Waals surface area contributed by atoms with E-state index in [2.05, 4.69) is 4.98 Å². The fraction of sp³-hybridized carbons (Fsp3) is 0.462. The zero-order valence-electron chi connectivity index (χ0n) is 10.6.